The van der Waals surface area contributed by atoms with Crippen LogP contribution in [0.5, 0.6) is 0 Å². The molecule has 0 heterocycles. The first-order valence-electron chi connectivity index (χ1n) is 8.14. The van der Waals surface area contributed by atoms with Gasteiger partial charge in [0.2, 0.25) is 17.7 Å². The van der Waals surface area contributed by atoms with Crippen LogP contribution < -0.4 is 21.7 Å². The van der Waals surface area contributed by atoms with Gasteiger partial charge in [-0.1, -0.05) is 13.8 Å². The number of nitrogens with one attached hydrogen (secondary N) is 3. The summed E-state index contributed by atoms with van der Waals surface area (Å²) in [6, 6.07) is -4.84. The molecule has 0 aromatic heterocycles. The van der Waals surface area contributed by atoms with Gasteiger partial charge in [-0.2, -0.15) is 0 Å². The van der Waals surface area contributed by atoms with Crippen molar-refractivity contribution in [2.45, 2.75) is 51.4 Å². The molecule has 11 nitrogen and oxygen atoms in total. The van der Waals surface area contributed by atoms with Crippen molar-refractivity contribution in [3.63, 3.8) is 0 Å². The van der Waals surface area contributed by atoms with Gasteiger partial charge >= 0.3 is 5.97 Å². The van der Waals surface area contributed by atoms with Crippen LogP contribution in [-0.4, -0.2) is 76.4 Å². The van der Waals surface area contributed by atoms with Crippen LogP contribution in [0.15, 0.2) is 0 Å². The maximum Gasteiger partial charge on any atom is 0.328 e. The second kappa shape index (κ2) is 11.4. The Morgan fingerprint density at radius 2 is 1.35 bits per heavy atom. The molecule has 0 saturated heterocycles. The van der Waals surface area contributed by atoms with Crippen LogP contribution in [0.3, 0.4) is 0 Å². The van der Waals surface area contributed by atoms with E-state index in [4.69, 9.17) is 15.9 Å². The van der Waals surface area contributed by atoms with Crippen LogP contribution in [-0.2, 0) is 19.2 Å². The van der Waals surface area contributed by atoms with Crippen molar-refractivity contribution in [3.05, 3.63) is 0 Å². The van der Waals surface area contributed by atoms with E-state index >= 15 is 0 Å². The predicted octanol–water partition coefficient (Wildman–Crippen LogP) is -3.10. The quantitative estimate of drug-likeness (QED) is 0.197. The minimum atomic E-state index is -1.51. The fourth-order valence-corrected chi connectivity index (χ4v) is 1.95. The fraction of sp³-hybridized carbons (Fsp3) is 0.733. The number of carboxylic acids is 1. The SMILES string of the molecule is CC(C)CC(N)C(=O)NC(CO)C(=O)NC(C)C(=O)NC(CO)C(=O)O. The molecule has 11 heteroatoms. The zero-order valence-corrected chi connectivity index (χ0v) is 15.1. The van der Waals surface area contributed by atoms with Gasteiger partial charge in [0.25, 0.3) is 0 Å². The number of carbonyl (C=O) groups excluding carboxylic acids is 3. The second-order valence-electron chi connectivity index (χ2n) is 6.29. The minimum absolute atomic E-state index is 0.162. The molecule has 3 amide bonds. The largest absolute Gasteiger partial charge is 0.480 e. The lowest BCUT2D eigenvalue weighted by atomic mass is 10.0. The first-order valence-corrected chi connectivity index (χ1v) is 8.14. The van der Waals surface area contributed by atoms with Crippen LogP contribution in [0.25, 0.3) is 0 Å². The molecule has 0 bridgehead atoms. The molecule has 0 aliphatic heterocycles. The Labute approximate surface area is 151 Å². The molecule has 0 radical (unpaired) electrons. The van der Waals surface area contributed by atoms with E-state index in [1.807, 2.05) is 19.2 Å². The average Bonchev–Trinajstić information content (AvgIpc) is 2.55. The van der Waals surface area contributed by atoms with Crippen molar-refractivity contribution in [2.24, 2.45) is 11.7 Å². The molecule has 0 fully saturated rings. The highest BCUT2D eigenvalue weighted by molar-refractivity contribution is 5.93. The number of aliphatic hydroxyl groups excluding tert-OH is 2. The Kier molecular flexibility index (Phi) is 10.4. The molecule has 4 unspecified atom stereocenters. The van der Waals surface area contributed by atoms with Crippen LogP contribution in [0.4, 0.5) is 0 Å². The van der Waals surface area contributed by atoms with Crippen LogP contribution in [0.2, 0.25) is 0 Å². The lowest BCUT2D eigenvalue weighted by Gasteiger charge is -2.22. The van der Waals surface area contributed by atoms with Gasteiger partial charge in [0, 0.05) is 0 Å². The standard InChI is InChI=1S/C15H28N4O7/c1-7(2)4-9(16)13(23)18-10(5-20)14(24)17-8(3)12(22)19-11(6-21)15(25)26/h7-11,20-21H,4-6,16H2,1-3H3,(H,17,24)(H,18,23)(H,19,22)(H,25,26). The number of hydrogen-bond acceptors (Lipinski definition) is 7. The second-order valence-corrected chi connectivity index (χ2v) is 6.29. The molecule has 150 valence electrons. The van der Waals surface area contributed by atoms with Gasteiger partial charge in [0.15, 0.2) is 0 Å². The number of amides is 3. The number of rotatable bonds is 11. The molecule has 4 atom stereocenters. The molecule has 0 saturated carbocycles. The summed E-state index contributed by atoms with van der Waals surface area (Å²) in [4.78, 5) is 46.6. The third kappa shape index (κ3) is 8.23. The third-order valence-electron chi connectivity index (χ3n) is 3.43. The van der Waals surface area contributed by atoms with Gasteiger partial charge < -0.3 is 37.0 Å². The first-order chi connectivity index (χ1) is 12.0. The summed E-state index contributed by atoms with van der Waals surface area (Å²) in [6.07, 6.45) is 0.391. The lowest BCUT2D eigenvalue weighted by molar-refractivity contribution is -0.143. The Morgan fingerprint density at radius 1 is 0.846 bits per heavy atom. The van der Waals surface area contributed by atoms with Gasteiger partial charge in [-0.3, -0.25) is 14.4 Å². The summed E-state index contributed by atoms with van der Waals surface area (Å²) in [5, 5.41) is 33.5. The topological polar surface area (TPSA) is 191 Å². The van der Waals surface area contributed by atoms with E-state index in [0.717, 1.165) is 0 Å². The Morgan fingerprint density at radius 3 is 1.77 bits per heavy atom. The summed E-state index contributed by atoms with van der Waals surface area (Å²) in [5.41, 5.74) is 5.70. The van der Waals surface area contributed by atoms with E-state index in [9.17, 15) is 24.3 Å². The van der Waals surface area contributed by atoms with Gasteiger partial charge in [-0.05, 0) is 19.3 Å². The van der Waals surface area contributed by atoms with E-state index in [0.29, 0.717) is 6.42 Å². The lowest BCUT2D eigenvalue weighted by Crippen LogP contribution is -2.57. The normalized spacial score (nSPS) is 15.5. The van der Waals surface area contributed by atoms with E-state index < -0.39 is 61.1 Å². The highest BCUT2D eigenvalue weighted by Gasteiger charge is 2.27. The molecule has 0 aromatic carbocycles. The summed E-state index contributed by atoms with van der Waals surface area (Å²) in [7, 11) is 0. The first kappa shape index (κ1) is 23.8. The van der Waals surface area contributed by atoms with Gasteiger partial charge in [0.05, 0.1) is 19.3 Å². The molecule has 26 heavy (non-hydrogen) atoms. The van der Waals surface area contributed by atoms with Crippen LogP contribution >= 0.6 is 0 Å². The van der Waals surface area contributed by atoms with Gasteiger partial charge in [-0.25, -0.2) is 4.79 Å². The van der Waals surface area contributed by atoms with Gasteiger partial charge in [-0.15, -0.1) is 0 Å². The van der Waals surface area contributed by atoms with Crippen molar-refractivity contribution >= 4 is 23.7 Å². The molecular formula is C15H28N4O7. The molecular weight excluding hydrogens is 348 g/mol. The van der Waals surface area contributed by atoms with E-state index in [-0.39, 0.29) is 5.92 Å². The number of aliphatic hydroxyl groups is 2. The molecule has 0 aromatic rings. The van der Waals surface area contributed by atoms with Crippen LogP contribution in [0.1, 0.15) is 27.2 Å². The highest BCUT2D eigenvalue weighted by Crippen LogP contribution is 2.03. The predicted molar refractivity (Wildman–Crippen MR) is 90.7 cm³/mol. The minimum Gasteiger partial charge on any atom is -0.480 e. The number of carbonyl (C=O) groups is 4. The van der Waals surface area contributed by atoms with E-state index in [2.05, 4.69) is 10.6 Å². The maximum atomic E-state index is 12.1. The third-order valence-corrected chi connectivity index (χ3v) is 3.43. The number of hydrogen-bond donors (Lipinski definition) is 7. The van der Waals surface area contributed by atoms with E-state index in [1.54, 1.807) is 0 Å². The Balaban J connectivity index is 4.71. The highest BCUT2D eigenvalue weighted by atomic mass is 16.4. The molecule has 0 aliphatic carbocycles. The summed E-state index contributed by atoms with van der Waals surface area (Å²) in [6.45, 7) is 3.50. The monoisotopic (exact) mass is 376 g/mol. The van der Waals surface area contributed by atoms with Crippen molar-refractivity contribution in [1.29, 1.82) is 0 Å². The Bertz CT molecular complexity index is 512. The smallest absolute Gasteiger partial charge is 0.328 e. The zero-order chi connectivity index (χ0) is 20.4. The van der Waals surface area contributed by atoms with E-state index in [1.165, 1.54) is 6.92 Å². The molecule has 0 rings (SSSR count). The van der Waals surface area contributed by atoms with Crippen molar-refractivity contribution in [1.82, 2.24) is 16.0 Å². The Hall–Kier alpha value is -2.24. The summed E-state index contributed by atoms with van der Waals surface area (Å²) >= 11 is 0. The molecule has 0 aliphatic rings. The summed E-state index contributed by atoms with van der Waals surface area (Å²) in [5.74, 6) is -3.57. The molecule has 8 N–H and O–H groups in total. The number of aliphatic carboxylic acids is 1. The van der Waals surface area contributed by atoms with Crippen molar-refractivity contribution in [2.75, 3.05) is 13.2 Å². The fourth-order valence-electron chi connectivity index (χ4n) is 1.95. The number of carboxylic acid groups (broad SMARTS) is 1. The molecule has 0 spiro atoms. The van der Waals surface area contributed by atoms with Gasteiger partial charge in [0.1, 0.15) is 18.1 Å². The van der Waals surface area contributed by atoms with Crippen molar-refractivity contribution < 1.29 is 34.5 Å². The zero-order valence-electron chi connectivity index (χ0n) is 15.1. The maximum absolute atomic E-state index is 12.1. The number of nitrogens with two attached hydrogens (primary N) is 1. The average molecular weight is 376 g/mol. The summed E-state index contributed by atoms with van der Waals surface area (Å²) < 4.78 is 0. The van der Waals surface area contributed by atoms with Crippen LogP contribution in [0, 0.1) is 5.92 Å². The van der Waals surface area contributed by atoms with Crippen molar-refractivity contribution in [3.8, 4) is 0 Å².